The fourth-order valence-corrected chi connectivity index (χ4v) is 6.15. The van der Waals surface area contributed by atoms with Gasteiger partial charge >= 0.3 is 0 Å². The number of H-pyrrole nitrogens is 2. The highest BCUT2D eigenvalue weighted by Gasteiger charge is 2.20. The van der Waals surface area contributed by atoms with E-state index in [9.17, 15) is 0 Å². The van der Waals surface area contributed by atoms with Crippen molar-refractivity contribution in [2.75, 3.05) is 0 Å². The van der Waals surface area contributed by atoms with Gasteiger partial charge in [0.25, 0.3) is 0 Å². The third kappa shape index (κ3) is 5.50. The van der Waals surface area contributed by atoms with E-state index in [1.165, 1.54) is 0 Å². The number of fused-ring (bicyclic) bond motifs is 2. The lowest BCUT2D eigenvalue weighted by atomic mass is 9.95. The molecule has 50 heavy (non-hydrogen) atoms. The summed E-state index contributed by atoms with van der Waals surface area (Å²) < 4.78 is 0. The van der Waals surface area contributed by atoms with Crippen LogP contribution in [0.4, 0.5) is 11.4 Å². The van der Waals surface area contributed by atoms with E-state index in [1.54, 1.807) is 0 Å². The highest BCUT2D eigenvalue weighted by Crippen LogP contribution is 2.34. The lowest BCUT2D eigenvalue weighted by molar-refractivity contribution is 1.10. The quantitative estimate of drug-likeness (QED) is 0.188. The topological polar surface area (TPSA) is 108 Å². The third-order valence-electron chi connectivity index (χ3n) is 8.71. The number of hydrogen-bond acceptors (Lipinski definition) is 6. The maximum absolute atomic E-state index is 5.31. The van der Waals surface area contributed by atoms with Gasteiger partial charge in [-0.3, -0.25) is 0 Å². The molecule has 8 nitrogen and oxygen atoms in total. The number of para-hydroxylation sites is 2. The van der Waals surface area contributed by atoms with Crippen molar-refractivity contribution in [1.29, 1.82) is 0 Å². The maximum Gasteiger partial charge on any atom is 0.161 e. The fourth-order valence-electron chi connectivity index (χ4n) is 6.15. The van der Waals surface area contributed by atoms with Gasteiger partial charge in [0.1, 0.15) is 0 Å². The summed E-state index contributed by atoms with van der Waals surface area (Å²) in [5, 5.41) is 17.6. The molecule has 0 amide bonds. The molecule has 0 unspecified atom stereocenters. The van der Waals surface area contributed by atoms with Crippen LogP contribution in [0.15, 0.2) is 168 Å². The van der Waals surface area contributed by atoms with E-state index in [4.69, 9.17) is 9.98 Å². The smallest absolute Gasteiger partial charge is 0.161 e. The van der Waals surface area contributed by atoms with E-state index in [0.29, 0.717) is 11.6 Å². The largest absolute Gasteiger partial charge is 0.321 e. The number of aliphatic imine (C=N–C) groups is 2. The van der Waals surface area contributed by atoms with Crippen molar-refractivity contribution in [3.8, 4) is 45.6 Å². The molecule has 0 saturated heterocycles. The summed E-state index contributed by atoms with van der Waals surface area (Å²) in [5.41, 5.74) is 11.1. The third-order valence-corrected chi connectivity index (χ3v) is 8.71. The molecule has 2 aromatic heterocycles. The summed E-state index contributed by atoms with van der Waals surface area (Å²) in [7, 11) is 0. The zero-order chi connectivity index (χ0) is 33.3. The normalized spacial score (nSPS) is 14.3. The van der Waals surface area contributed by atoms with Gasteiger partial charge in [0.2, 0.25) is 0 Å². The second kappa shape index (κ2) is 12.5. The van der Waals surface area contributed by atoms with Crippen LogP contribution in [0, 0.1) is 0 Å². The second-order valence-corrected chi connectivity index (χ2v) is 11.9. The molecule has 8 heteroatoms. The van der Waals surface area contributed by atoms with E-state index in [1.807, 2.05) is 121 Å². The number of aromatic amines is 2. The standard InChI is InChI=1S/C42H28N8/c1-3-11-29(12-4-1)39-45-41(49-47-39)31-23-19-27(20-24-31)37-33-15-7-9-17-35(33)44-38(34-16-8-10-18-36(34)43-37)28-21-25-32(26-22-28)42-46-40(48-50-42)30-13-5-2-6-14-30/h1-26H,(H,45,47,49)(H,46,48,50)/b37-33?,38-34?,43-36?,43-37-,44-35?,44-38-. The van der Waals surface area contributed by atoms with Crippen LogP contribution in [-0.2, 0) is 0 Å². The van der Waals surface area contributed by atoms with Gasteiger partial charge in [0.05, 0.1) is 22.8 Å². The molecule has 0 bridgehead atoms. The zero-order valence-corrected chi connectivity index (χ0v) is 26.7. The Morgan fingerprint density at radius 2 is 0.580 bits per heavy atom. The molecule has 2 N–H and O–H groups in total. The Balaban J connectivity index is 1.06. The molecule has 0 atom stereocenters. The van der Waals surface area contributed by atoms with Gasteiger partial charge < -0.3 is 9.97 Å². The van der Waals surface area contributed by atoms with Crippen LogP contribution in [-0.4, -0.2) is 41.8 Å². The summed E-state index contributed by atoms with van der Waals surface area (Å²) in [6, 6.07) is 52.8. The van der Waals surface area contributed by atoms with E-state index < -0.39 is 0 Å². The molecule has 3 heterocycles. The first-order chi connectivity index (χ1) is 24.8. The van der Waals surface area contributed by atoms with E-state index in [-0.39, 0.29) is 0 Å². The van der Waals surface area contributed by atoms with Gasteiger partial charge in [-0.15, -0.1) is 20.4 Å². The Bertz CT molecular complexity index is 2330. The van der Waals surface area contributed by atoms with Crippen molar-refractivity contribution in [2.45, 2.75) is 0 Å². The highest BCUT2D eigenvalue weighted by atomic mass is 15.2. The summed E-state index contributed by atoms with van der Waals surface area (Å²) in [4.78, 5) is 17.3. The summed E-state index contributed by atoms with van der Waals surface area (Å²) in [6.45, 7) is 0. The number of benzene rings is 6. The Morgan fingerprint density at radius 3 is 0.960 bits per heavy atom. The van der Waals surface area contributed by atoms with Gasteiger partial charge in [0, 0.05) is 44.5 Å². The molecule has 0 fully saturated rings. The molecule has 0 radical (unpaired) electrons. The van der Waals surface area contributed by atoms with Crippen LogP contribution in [0.25, 0.3) is 45.6 Å². The number of nitrogens with zero attached hydrogens (tertiary/aromatic N) is 6. The molecular formula is C42H28N8. The minimum Gasteiger partial charge on any atom is -0.321 e. The van der Waals surface area contributed by atoms with Crippen molar-refractivity contribution in [3.05, 3.63) is 180 Å². The van der Waals surface area contributed by atoms with Crippen LogP contribution >= 0.6 is 0 Å². The summed E-state index contributed by atoms with van der Waals surface area (Å²) in [5.74, 6) is 2.89. The van der Waals surface area contributed by atoms with Crippen LogP contribution in [0.3, 0.4) is 0 Å². The Hall–Kier alpha value is -7.06. The van der Waals surface area contributed by atoms with Crippen molar-refractivity contribution in [3.63, 3.8) is 0 Å². The zero-order valence-electron chi connectivity index (χ0n) is 26.7. The molecule has 9 rings (SSSR count). The van der Waals surface area contributed by atoms with Crippen LogP contribution < -0.4 is 0 Å². The molecule has 0 saturated carbocycles. The predicted octanol–water partition coefficient (Wildman–Crippen LogP) is 9.24. The van der Waals surface area contributed by atoms with Gasteiger partial charge in [-0.05, 0) is 12.1 Å². The van der Waals surface area contributed by atoms with E-state index in [0.717, 1.165) is 79.0 Å². The lowest BCUT2D eigenvalue weighted by Gasteiger charge is -2.18. The molecule has 1 aliphatic rings. The molecular weight excluding hydrogens is 617 g/mol. The Kier molecular flexibility index (Phi) is 7.29. The SMILES string of the molecule is c1ccc(-c2nnc(-c3ccc(/C4=N/c5ccccc5/C(c5ccc(-c6nnc(-c7ccccc7)[nH]6)cc5)=N\c5ccccc54)cc3)[nH]2)cc1. The highest BCUT2D eigenvalue weighted by molar-refractivity contribution is 6.22. The van der Waals surface area contributed by atoms with E-state index in [2.05, 4.69) is 66.8 Å². The van der Waals surface area contributed by atoms with Gasteiger partial charge in [-0.25, -0.2) is 9.98 Å². The minimum absolute atomic E-state index is 0.709. The van der Waals surface area contributed by atoms with Gasteiger partial charge in [-0.1, -0.05) is 146 Å². The van der Waals surface area contributed by atoms with Crippen molar-refractivity contribution >= 4 is 22.8 Å². The molecule has 6 aromatic carbocycles. The molecule has 1 aliphatic heterocycles. The first-order valence-electron chi connectivity index (χ1n) is 16.3. The summed E-state index contributed by atoms with van der Waals surface area (Å²) >= 11 is 0. The number of nitrogens with one attached hydrogen (secondary N) is 2. The minimum atomic E-state index is 0.709. The number of rotatable bonds is 6. The van der Waals surface area contributed by atoms with Crippen molar-refractivity contribution in [1.82, 2.24) is 30.4 Å². The first-order valence-corrected chi connectivity index (χ1v) is 16.3. The summed E-state index contributed by atoms with van der Waals surface area (Å²) in [6.07, 6.45) is 0. The van der Waals surface area contributed by atoms with Crippen LogP contribution in [0.5, 0.6) is 0 Å². The Labute approximate surface area is 288 Å². The molecule has 0 aliphatic carbocycles. The van der Waals surface area contributed by atoms with Crippen molar-refractivity contribution in [2.24, 2.45) is 9.98 Å². The number of aromatic nitrogens is 6. The van der Waals surface area contributed by atoms with Crippen LogP contribution in [0.1, 0.15) is 22.3 Å². The Morgan fingerprint density at radius 1 is 0.280 bits per heavy atom. The average molecular weight is 645 g/mol. The average Bonchev–Trinajstić information content (AvgIpc) is 3.89. The predicted molar refractivity (Wildman–Crippen MR) is 198 cm³/mol. The molecule has 236 valence electrons. The van der Waals surface area contributed by atoms with Gasteiger partial charge in [0.15, 0.2) is 23.3 Å². The molecule has 0 spiro atoms. The molecule has 8 aromatic rings. The van der Waals surface area contributed by atoms with E-state index >= 15 is 0 Å². The van der Waals surface area contributed by atoms with Gasteiger partial charge in [-0.2, -0.15) is 0 Å². The lowest BCUT2D eigenvalue weighted by Crippen LogP contribution is -2.10. The fraction of sp³-hybridized carbons (Fsp3) is 0. The monoisotopic (exact) mass is 644 g/mol. The van der Waals surface area contributed by atoms with Crippen LogP contribution in [0.2, 0.25) is 0 Å². The first kappa shape index (κ1) is 29.1. The maximum atomic E-state index is 5.31. The number of hydrogen-bond donors (Lipinski definition) is 2. The second-order valence-electron chi connectivity index (χ2n) is 11.9. The van der Waals surface area contributed by atoms with Crippen molar-refractivity contribution < 1.29 is 0 Å².